The Kier molecular flexibility index (Phi) is 7.30. The van der Waals surface area contributed by atoms with E-state index in [1.807, 2.05) is 12.1 Å². The van der Waals surface area contributed by atoms with Crippen LogP contribution in [0.4, 0.5) is 0 Å². The summed E-state index contributed by atoms with van der Waals surface area (Å²) < 4.78 is 5.77. The SMILES string of the molecule is C[C@H](Oc1ccc(C(C)(C)C)cc1)C(=O)NCCCN1CCCCC1. The van der Waals surface area contributed by atoms with Gasteiger partial charge in [-0.3, -0.25) is 4.79 Å². The van der Waals surface area contributed by atoms with Crippen molar-refractivity contribution in [3.8, 4) is 5.75 Å². The molecule has 1 aliphatic rings. The molecule has 0 radical (unpaired) electrons. The minimum Gasteiger partial charge on any atom is -0.481 e. The largest absolute Gasteiger partial charge is 0.481 e. The van der Waals surface area contributed by atoms with Crippen molar-refractivity contribution in [2.24, 2.45) is 0 Å². The highest BCUT2D eigenvalue weighted by molar-refractivity contribution is 5.80. The molecule has 0 bridgehead atoms. The molecule has 0 spiro atoms. The first-order chi connectivity index (χ1) is 11.9. The van der Waals surface area contributed by atoms with E-state index >= 15 is 0 Å². The van der Waals surface area contributed by atoms with Gasteiger partial charge in [0.2, 0.25) is 0 Å². The summed E-state index contributed by atoms with van der Waals surface area (Å²) in [6, 6.07) is 8.03. The molecule has 4 nitrogen and oxygen atoms in total. The van der Waals surface area contributed by atoms with Gasteiger partial charge in [-0.1, -0.05) is 39.3 Å². The Morgan fingerprint density at radius 2 is 1.80 bits per heavy atom. The molecule has 1 aromatic rings. The molecule has 1 amide bonds. The van der Waals surface area contributed by atoms with Gasteiger partial charge in [0.05, 0.1) is 0 Å². The number of carbonyl (C=O) groups is 1. The van der Waals surface area contributed by atoms with Crippen molar-refractivity contribution in [2.75, 3.05) is 26.2 Å². The molecule has 1 fully saturated rings. The highest BCUT2D eigenvalue weighted by Crippen LogP contribution is 2.24. The molecule has 0 unspecified atom stereocenters. The van der Waals surface area contributed by atoms with E-state index in [2.05, 4.69) is 43.1 Å². The van der Waals surface area contributed by atoms with E-state index in [-0.39, 0.29) is 11.3 Å². The van der Waals surface area contributed by atoms with Crippen molar-refractivity contribution < 1.29 is 9.53 Å². The molecule has 1 N–H and O–H groups in total. The number of nitrogens with zero attached hydrogens (tertiary/aromatic N) is 1. The van der Waals surface area contributed by atoms with Crippen LogP contribution in [0.1, 0.15) is 58.9 Å². The fourth-order valence-corrected chi connectivity index (χ4v) is 3.13. The zero-order valence-corrected chi connectivity index (χ0v) is 16.3. The highest BCUT2D eigenvalue weighted by Gasteiger charge is 2.16. The first kappa shape index (κ1) is 19.8. The van der Waals surface area contributed by atoms with Crippen LogP contribution in [0, 0.1) is 0 Å². The zero-order chi connectivity index (χ0) is 18.3. The first-order valence-corrected chi connectivity index (χ1v) is 9.63. The number of ether oxygens (including phenoxy) is 1. The fraction of sp³-hybridized carbons (Fsp3) is 0.667. The Morgan fingerprint density at radius 1 is 1.16 bits per heavy atom. The third kappa shape index (κ3) is 6.69. The van der Waals surface area contributed by atoms with Crippen LogP contribution in [-0.2, 0) is 10.2 Å². The van der Waals surface area contributed by atoms with Crippen LogP contribution in [0.2, 0.25) is 0 Å². The Balaban J connectivity index is 1.69. The van der Waals surface area contributed by atoms with Crippen LogP contribution in [0.5, 0.6) is 5.75 Å². The lowest BCUT2D eigenvalue weighted by atomic mass is 9.87. The van der Waals surface area contributed by atoms with E-state index in [9.17, 15) is 4.79 Å². The third-order valence-corrected chi connectivity index (χ3v) is 4.80. The van der Waals surface area contributed by atoms with Crippen molar-refractivity contribution in [1.82, 2.24) is 10.2 Å². The van der Waals surface area contributed by atoms with Crippen LogP contribution in [-0.4, -0.2) is 43.1 Å². The molecule has 1 aliphatic heterocycles. The summed E-state index contributed by atoms with van der Waals surface area (Å²) in [7, 11) is 0. The lowest BCUT2D eigenvalue weighted by Crippen LogP contribution is -2.38. The number of likely N-dealkylation sites (tertiary alicyclic amines) is 1. The molecule has 1 aromatic carbocycles. The summed E-state index contributed by atoms with van der Waals surface area (Å²) in [6.07, 6.45) is 4.50. The maximum Gasteiger partial charge on any atom is 0.260 e. The second-order valence-electron chi connectivity index (χ2n) is 8.08. The van der Waals surface area contributed by atoms with Crippen molar-refractivity contribution in [1.29, 1.82) is 0 Å². The van der Waals surface area contributed by atoms with E-state index in [1.54, 1.807) is 6.92 Å². The third-order valence-electron chi connectivity index (χ3n) is 4.80. The van der Waals surface area contributed by atoms with Crippen molar-refractivity contribution in [2.45, 2.75) is 64.9 Å². The second-order valence-corrected chi connectivity index (χ2v) is 8.08. The second kappa shape index (κ2) is 9.23. The zero-order valence-electron chi connectivity index (χ0n) is 16.3. The molecule has 0 aliphatic carbocycles. The molecule has 1 saturated heterocycles. The standard InChI is InChI=1S/C21H34N2O2/c1-17(25-19-11-9-18(10-12-19)21(2,3)4)20(24)22-13-8-16-23-14-6-5-7-15-23/h9-12,17H,5-8,13-16H2,1-4H3,(H,22,24)/t17-/m0/s1. The minimum atomic E-state index is -0.476. The van der Waals surface area contributed by atoms with E-state index in [1.165, 1.54) is 37.9 Å². The fourth-order valence-electron chi connectivity index (χ4n) is 3.13. The van der Waals surface area contributed by atoms with Crippen LogP contribution in [0.25, 0.3) is 0 Å². The predicted octanol–water partition coefficient (Wildman–Crippen LogP) is 3.74. The number of piperidine rings is 1. The quantitative estimate of drug-likeness (QED) is 0.765. The Labute approximate surface area is 152 Å². The van der Waals surface area contributed by atoms with Crippen molar-refractivity contribution >= 4 is 5.91 Å². The van der Waals surface area contributed by atoms with Crippen molar-refractivity contribution in [3.05, 3.63) is 29.8 Å². The van der Waals surface area contributed by atoms with Gasteiger partial charge in [-0.15, -0.1) is 0 Å². The predicted molar refractivity (Wildman–Crippen MR) is 103 cm³/mol. The number of amides is 1. The van der Waals surface area contributed by atoms with Gasteiger partial charge in [0, 0.05) is 6.54 Å². The summed E-state index contributed by atoms with van der Waals surface area (Å²) >= 11 is 0. The molecule has 0 saturated carbocycles. The van der Waals surface area contributed by atoms with Crippen LogP contribution < -0.4 is 10.1 Å². The van der Waals surface area contributed by atoms with Gasteiger partial charge < -0.3 is 15.0 Å². The Morgan fingerprint density at radius 3 is 2.40 bits per heavy atom. The molecule has 4 heteroatoms. The van der Waals surface area contributed by atoms with E-state index in [4.69, 9.17) is 4.74 Å². The molecule has 140 valence electrons. The van der Waals surface area contributed by atoms with Gasteiger partial charge in [0.25, 0.3) is 5.91 Å². The topological polar surface area (TPSA) is 41.6 Å². The van der Waals surface area contributed by atoms with E-state index in [0.29, 0.717) is 6.54 Å². The maximum absolute atomic E-state index is 12.2. The molecule has 1 atom stereocenters. The van der Waals surface area contributed by atoms with Gasteiger partial charge in [-0.25, -0.2) is 0 Å². The lowest BCUT2D eigenvalue weighted by Gasteiger charge is -2.26. The number of carbonyl (C=O) groups excluding carboxylic acids is 1. The summed E-state index contributed by atoms with van der Waals surface area (Å²) in [5.41, 5.74) is 1.38. The first-order valence-electron chi connectivity index (χ1n) is 9.63. The van der Waals surface area contributed by atoms with Gasteiger partial charge in [-0.05, 0) is 68.9 Å². The lowest BCUT2D eigenvalue weighted by molar-refractivity contribution is -0.127. The van der Waals surface area contributed by atoms with Crippen LogP contribution in [0.15, 0.2) is 24.3 Å². The number of hydrogen-bond acceptors (Lipinski definition) is 3. The van der Waals surface area contributed by atoms with Crippen LogP contribution >= 0.6 is 0 Å². The molecule has 2 rings (SSSR count). The summed E-state index contributed by atoms with van der Waals surface area (Å²) in [4.78, 5) is 14.7. The average Bonchev–Trinajstić information content (AvgIpc) is 2.59. The average molecular weight is 347 g/mol. The minimum absolute atomic E-state index is 0.0430. The molecule has 25 heavy (non-hydrogen) atoms. The number of hydrogen-bond donors (Lipinski definition) is 1. The molecule has 1 heterocycles. The molecule has 0 aromatic heterocycles. The van der Waals surface area contributed by atoms with Gasteiger partial charge >= 0.3 is 0 Å². The highest BCUT2D eigenvalue weighted by atomic mass is 16.5. The van der Waals surface area contributed by atoms with Crippen LogP contribution in [0.3, 0.4) is 0 Å². The summed E-state index contributed by atoms with van der Waals surface area (Å²) in [5, 5.41) is 2.99. The summed E-state index contributed by atoms with van der Waals surface area (Å²) in [6.45, 7) is 12.6. The number of rotatable bonds is 7. The Bertz CT molecular complexity index is 528. The summed E-state index contributed by atoms with van der Waals surface area (Å²) in [5.74, 6) is 0.697. The molecular formula is C21H34N2O2. The normalized spacial score (nSPS) is 17.1. The van der Waals surface area contributed by atoms with Gasteiger partial charge in [0.15, 0.2) is 6.10 Å². The monoisotopic (exact) mass is 346 g/mol. The van der Waals surface area contributed by atoms with E-state index in [0.717, 1.165) is 18.7 Å². The van der Waals surface area contributed by atoms with Crippen molar-refractivity contribution in [3.63, 3.8) is 0 Å². The molecular weight excluding hydrogens is 312 g/mol. The van der Waals surface area contributed by atoms with Gasteiger partial charge in [-0.2, -0.15) is 0 Å². The smallest absolute Gasteiger partial charge is 0.260 e. The number of benzene rings is 1. The van der Waals surface area contributed by atoms with E-state index < -0.39 is 6.10 Å². The Hall–Kier alpha value is -1.55. The number of nitrogens with one attached hydrogen (secondary N) is 1. The van der Waals surface area contributed by atoms with Gasteiger partial charge in [0.1, 0.15) is 5.75 Å². The maximum atomic E-state index is 12.2.